The predicted octanol–water partition coefficient (Wildman–Crippen LogP) is 3.67. The lowest BCUT2D eigenvalue weighted by molar-refractivity contribution is 0.756. The quantitative estimate of drug-likeness (QED) is 0.899. The number of fused-ring (bicyclic) bond motifs is 1. The van der Waals surface area contributed by atoms with Gasteiger partial charge in [0.05, 0.1) is 17.3 Å². The van der Waals surface area contributed by atoms with E-state index in [1.807, 2.05) is 19.9 Å². The molecular formula is C17H17N3. The van der Waals surface area contributed by atoms with Crippen molar-refractivity contribution in [3.63, 3.8) is 0 Å². The smallest absolute Gasteiger partial charge is 0.127 e. The molecule has 1 aliphatic rings. The molecule has 0 saturated carbocycles. The molecule has 0 radical (unpaired) electrons. The third-order valence-corrected chi connectivity index (χ3v) is 3.96. The van der Waals surface area contributed by atoms with Gasteiger partial charge < -0.3 is 5.32 Å². The Kier molecular flexibility index (Phi) is 3.15. The number of nitriles is 1. The summed E-state index contributed by atoms with van der Waals surface area (Å²) >= 11 is 0. The van der Waals surface area contributed by atoms with Crippen molar-refractivity contribution in [2.45, 2.75) is 32.7 Å². The van der Waals surface area contributed by atoms with E-state index in [9.17, 15) is 0 Å². The Morgan fingerprint density at radius 3 is 2.85 bits per heavy atom. The van der Waals surface area contributed by atoms with E-state index >= 15 is 0 Å². The summed E-state index contributed by atoms with van der Waals surface area (Å²) in [5.41, 5.74) is 5.25. The first-order chi connectivity index (χ1) is 9.69. The molecule has 100 valence electrons. The minimum absolute atomic E-state index is 0.324. The summed E-state index contributed by atoms with van der Waals surface area (Å²) in [5, 5.41) is 12.6. The number of hydrogen-bond donors (Lipinski definition) is 1. The van der Waals surface area contributed by atoms with Crippen LogP contribution in [0.5, 0.6) is 0 Å². The van der Waals surface area contributed by atoms with Gasteiger partial charge in [0, 0.05) is 0 Å². The molecule has 0 bridgehead atoms. The van der Waals surface area contributed by atoms with Crippen LogP contribution in [0, 0.1) is 25.2 Å². The molecule has 1 aromatic heterocycles. The topological polar surface area (TPSA) is 48.7 Å². The molecule has 0 fully saturated rings. The maximum absolute atomic E-state index is 9.09. The Labute approximate surface area is 119 Å². The summed E-state index contributed by atoms with van der Waals surface area (Å²) in [4.78, 5) is 4.51. The maximum Gasteiger partial charge on any atom is 0.127 e. The van der Waals surface area contributed by atoms with Crippen molar-refractivity contribution in [3.05, 3.63) is 58.3 Å². The molecule has 1 N–H and O–H groups in total. The second kappa shape index (κ2) is 4.97. The zero-order valence-corrected chi connectivity index (χ0v) is 11.8. The number of aryl methyl sites for hydroxylation is 3. The van der Waals surface area contributed by atoms with Gasteiger partial charge in [0.15, 0.2) is 0 Å². The Bertz CT molecular complexity index is 675. The van der Waals surface area contributed by atoms with Crippen molar-refractivity contribution in [2.75, 3.05) is 5.32 Å². The fraction of sp³-hybridized carbons (Fsp3) is 0.294. The summed E-state index contributed by atoms with van der Waals surface area (Å²) in [6.07, 6.45) is 2.21. The van der Waals surface area contributed by atoms with E-state index in [-0.39, 0.29) is 0 Å². The molecule has 2 aromatic rings. The molecule has 0 amide bonds. The second-order valence-electron chi connectivity index (χ2n) is 5.33. The van der Waals surface area contributed by atoms with Crippen molar-refractivity contribution in [3.8, 4) is 6.07 Å². The molecule has 1 unspecified atom stereocenters. The van der Waals surface area contributed by atoms with E-state index in [1.54, 1.807) is 0 Å². The van der Waals surface area contributed by atoms with Crippen LogP contribution in [0.3, 0.4) is 0 Å². The van der Waals surface area contributed by atoms with Crippen LogP contribution in [0.4, 0.5) is 5.82 Å². The molecule has 0 saturated heterocycles. The summed E-state index contributed by atoms with van der Waals surface area (Å²) in [6, 6.07) is 13.1. The van der Waals surface area contributed by atoms with E-state index in [0.717, 1.165) is 29.9 Å². The van der Waals surface area contributed by atoms with Crippen LogP contribution in [0.1, 0.15) is 40.4 Å². The number of nitrogens with one attached hydrogen (secondary N) is 1. The maximum atomic E-state index is 9.09. The van der Waals surface area contributed by atoms with Gasteiger partial charge in [-0.1, -0.05) is 24.3 Å². The fourth-order valence-corrected chi connectivity index (χ4v) is 2.96. The van der Waals surface area contributed by atoms with Crippen LogP contribution in [0.25, 0.3) is 0 Å². The van der Waals surface area contributed by atoms with Crippen LogP contribution >= 0.6 is 0 Å². The van der Waals surface area contributed by atoms with Crippen molar-refractivity contribution < 1.29 is 0 Å². The average molecular weight is 263 g/mol. The van der Waals surface area contributed by atoms with Crippen molar-refractivity contribution >= 4 is 5.82 Å². The minimum Gasteiger partial charge on any atom is -0.363 e. The molecule has 20 heavy (non-hydrogen) atoms. The third-order valence-electron chi connectivity index (χ3n) is 3.96. The second-order valence-corrected chi connectivity index (χ2v) is 5.33. The van der Waals surface area contributed by atoms with E-state index in [0.29, 0.717) is 11.6 Å². The molecule has 0 aliphatic heterocycles. The van der Waals surface area contributed by atoms with Gasteiger partial charge in [-0.15, -0.1) is 0 Å². The number of pyridine rings is 1. The van der Waals surface area contributed by atoms with E-state index in [4.69, 9.17) is 5.26 Å². The Morgan fingerprint density at radius 1 is 1.30 bits per heavy atom. The number of hydrogen-bond acceptors (Lipinski definition) is 3. The van der Waals surface area contributed by atoms with E-state index in [1.165, 1.54) is 11.1 Å². The summed E-state index contributed by atoms with van der Waals surface area (Å²) in [7, 11) is 0. The fourth-order valence-electron chi connectivity index (χ4n) is 2.96. The van der Waals surface area contributed by atoms with Crippen LogP contribution < -0.4 is 5.32 Å². The van der Waals surface area contributed by atoms with Crippen LogP contribution in [0.15, 0.2) is 30.3 Å². The molecule has 1 aliphatic carbocycles. The Hall–Kier alpha value is -2.34. The van der Waals surface area contributed by atoms with Crippen molar-refractivity contribution in [1.82, 2.24) is 4.98 Å². The monoisotopic (exact) mass is 263 g/mol. The lowest BCUT2D eigenvalue weighted by Crippen LogP contribution is -2.09. The van der Waals surface area contributed by atoms with Crippen molar-refractivity contribution in [1.29, 1.82) is 5.26 Å². The molecule has 1 heterocycles. The Morgan fingerprint density at radius 2 is 2.10 bits per heavy atom. The number of benzene rings is 1. The first-order valence-electron chi connectivity index (χ1n) is 6.91. The van der Waals surface area contributed by atoms with Gasteiger partial charge in [-0.2, -0.15) is 5.26 Å². The van der Waals surface area contributed by atoms with Crippen LogP contribution in [-0.2, 0) is 6.42 Å². The molecule has 1 aromatic carbocycles. The summed E-state index contributed by atoms with van der Waals surface area (Å²) in [5.74, 6) is 0.862. The largest absolute Gasteiger partial charge is 0.363 e. The highest BCUT2D eigenvalue weighted by atomic mass is 15.0. The lowest BCUT2D eigenvalue weighted by Gasteiger charge is -2.16. The zero-order valence-electron chi connectivity index (χ0n) is 11.8. The van der Waals surface area contributed by atoms with Gasteiger partial charge in [-0.25, -0.2) is 4.98 Å². The number of rotatable bonds is 2. The summed E-state index contributed by atoms with van der Waals surface area (Å²) < 4.78 is 0. The highest BCUT2D eigenvalue weighted by Gasteiger charge is 2.22. The molecular weight excluding hydrogens is 246 g/mol. The minimum atomic E-state index is 0.324. The highest BCUT2D eigenvalue weighted by Crippen LogP contribution is 2.33. The van der Waals surface area contributed by atoms with Gasteiger partial charge >= 0.3 is 0 Å². The summed E-state index contributed by atoms with van der Waals surface area (Å²) in [6.45, 7) is 3.85. The highest BCUT2D eigenvalue weighted by molar-refractivity contribution is 5.50. The SMILES string of the molecule is Cc1cc(NC2CCc3ccccc32)nc(C)c1C#N. The Balaban J connectivity index is 1.89. The van der Waals surface area contributed by atoms with Gasteiger partial charge in [0.1, 0.15) is 11.9 Å². The predicted molar refractivity (Wildman–Crippen MR) is 79.6 cm³/mol. The standard InChI is InChI=1S/C17H17N3/c1-11-9-17(19-12(2)15(11)10-18)20-16-8-7-13-5-3-4-6-14(13)16/h3-6,9,16H,7-8H2,1-2H3,(H,19,20). The lowest BCUT2D eigenvalue weighted by atomic mass is 10.1. The zero-order chi connectivity index (χ0) is 14.1. The molecule has 0 spiro atoms. The number of nitrogens with zero attached hydrogens (tertiary/aromatic N) is 2. The van der Waals surface area contributed by atoms with Crippen LogP contribution in [0.2, 0.25) is 0 Å². The van der Waals surface area contributed by atoms with Gasteiger partial charge in [0.2, 0.25) is 0 Å². The van der Waals surface area contributed by atoms with Crippen LogP contribution in [-0.4, -0.2) is 4.98 Å². The van der Waals surface area contributed by atoms with Crippen molar-refractivity contribution in [2.24, 2.45) is 0 Å². The molecule has 1 atom stereocenters. The molecule has 3 rings (SSSR count). The third kappa shape index (κ3) is 2.14. The van der Waals surface area contributed by atoms with E-state index in [2.05, 4.69) is 40.6 Å². The molecule has 3 heteroatoms. The number of aromatic nitrogens is 1. The molecule has 3 nitrogen and oxygen atoms in total. The first kappa shape index (κ1) is 12.7. The van der Waals surface area contributed by atoms with Gasteiger partial charge in [0.25, 0.3) is 0 Å². The number of anilines is 1. The first-order valence-corrected chi connectivity index (χ1v) is 6.91. The normalized spacial score (nSPS) is 16.6. The van der Waals surface area contributed by atoms with Gasteiger partial charge in [-0.05, 0) is 49.4 Å². The van der Waals surface area contributed by atoms with E-state index < -0.39 is 0 Å². The van der Waals surface area contributed by atoms with Gasteiger partial charge in [-0.3, -0.25) is 0 Å². The average Bonchev–Trinajstić information content (AvgIpc) is 2.82.